The van der Waals surface area contributed by atoms with Gasteiger partial charge in [0.25, 0.3) is 5.97 Å². The summed E-state index contributed by atoms with van der Waals surface area (Å²) >= 11 is 0. The first-order chi connectivity index (χ1) is 6.24. The monoisotopic (exact) mass is 206 g/mol. The van der Waals surface area contributed by atoms with Crippen molar-refractivity contribution in [2.24, 2.45) is 0 Å². The molecule has 0 spiro atoms. The van der Waals surface area contributed by atoms with Gasteiger partial charge >= 0.3 is 5.97 Å². The Balaban J connectivity index is 0.000000364. The predicted octanol–water partition coefficient (Wildman–Crippen LogP) is 0.313. The molecule has 1 atom stereocenters. The predicted molar refractivity (Wildman–Crippen MR) is 45.8 cm³/mol. The maximum atomic E-state index is 10.3. The van der Waals surface area contributed by atoms with Crippen LogP contribution in [0.5, 0.6) is 0 Å². The number of rotatable bonds is 1. The van der Waals surface area contributed by atoms with Crippen LogP contribution >= 0.6 is 0 Å². The van der Waals surface area contributed by atoms with Gasteiger partial charge in [-0.05, 0) is 13.8 Å². The minimum absolute atomic E-state index is 0.141. The van der Waals surface area contributed by atoms with Crippen molar-refractivity contribution in [3.05, 3.63) is 0 Å². The molecule has 6 nitrogen and oxygen atoms in total. The molecule has 0 aromatic heterocycles. The van der Waals surface area contributed by atoms with Crippen LogP contribution in [0, 0.1) is 0 Å². The molecular formula is C8H14O6. The number of hydrogen-bond donors (Lipinski definition) is 2. The summed E-state index contributed by atoms with van der Waals surface area (Å²) in [6.07, 6.45) is -0.796. The average Bonchev–Trinajstić information content (AvgIpc) is 2.28. The summed E-state index contributed by atoms with van der Waals surface area (Å²) in [5.41, 5.74) is 0. The lowest BCUT2D eigenvalue weighted by Crippen LogP contribution is -2.26. The molecule has 1 aliphatic heterocycles. The average molecular weight is 206 g/mol. The fourth-order valence-electron chi connectivity index (χ4n) is 0.809. The van der Waals surface area contributed by atoms with Crippen molar-refractivity contribution in [3.8, 4) is 0 Å². The number of carbonyl (C=O) groups is 2. The largest absolute Gasteiger partial charge is 0.481 e. The van der Waals surface area contributed by atoms with Crippen molar-refractivity contribution in [2.75, 3.05) is 6.61 Å². The van der Waals surface area contributed by atoms with Gasteiger partial charge < -0.3 is 19.7 Å². The molecule has 82 valence electrons. The Labute approximate surface area is 81.4 Å². The van der Waals surface area contributed by atoms with Crippen molar-refractivity contribution >= 4 is 11.9 Å². The van der Waals surface area contributed by atoms with Gasteiger partial charge in [-0.3, -0.25) is 4.79 Å². The van der Waals surface area contributed by atoms with Crippen molar-refractivity contribution in [2.45, 2.75) is 32.7 Å². The van der Waals surface area contributed by atoms with E-state index in [9.17, 15) is 4.79 Å². The van der Waals surface area contributed by atoms with E-state index in [-0.39, 0.29) is 6.61 Å². The highest BCUT2D eigenvalue weighted by atomic mass is 16.7. The van der Waals surface area contributed by atoms with Crippen LogP contribution in [-0.4, -0.2) is 40.6 Å². The maximum Gasteiger partial charge on any atom is 0.335 e. The fourth-order valence-corrected chi connectivity index (χ4v) is 0.809. The minimum Gasteiger partial charge on any atom is -0.481 e. The first-order valence-electron chi connectivity index (χ1n) is 3.99. The Bertz CT molecular complexity index is 218. The third-order valence-electron chi connectivity index (χ3n) is 1.28. The number of hydrogen-bond acceptors (Lipinski definition) is 4. The summed E-state index contributed by atoms with van der Waals surface area (Å²) in [5.74, 6) is -2.53. The molecule has 1 aliphatic rings. The van der Waals surface area contributed by atoms with Crippen molar-refractivity contribution in [3.63, 3.8) is 0 Å². The molecule has 6 heteroatoms. The van der Waals surface area contributed by atoms with Gasteiger partial charge in [-0.15, -0.1) is 0 Å². The molecule has 0 radical (unpaired) electrons. The molecule has 0 bridgehead atoms. The Morgan fingerprint density at radius 2 is 1.79 bits per heavy atom. The van der Waals surface area contributed by atoms with Crippen LogP contribution < -0.4 is 0 Å². The lowest BCUT2D eigenvalue weighted by atomic mass is 10.4. The Morgan fingerprint density at radius 3 is 1.93 bits per heavy atom. The van der Waals surface area contributed by atoms with Crippen LogP contribution in [0.15, 0.2) is 0 Å². The van der Waals surface area contributed by atoms with Gasteiger partial charge in [-0.25, -0.2) is 4.79 Å². The second-order valence-corrected chi connectivity index (χ2v) is 3.17. The van der Waals surface area contributed by atoms with Crippen molar-refractivity contribution < 1.29 is 29.3 Å². The number of aliphatic carboxylic acids is 2. The van der Waals surface area contributed by atoms with E-state index in [4.69, 9.17) is 24.5 Å². The van der Waals surface area contributed by atoms with E-state index < -0.39 is 23.8 Å². The first-order valence-corrected chi connectivity index (χ1v) is 3.99. The zero-order valence-corrected chi connectivity index (χ0v) is 8.31. The van der Waals surface area contributed by atoms with Crippen LogP contribution in [0.25, 0.3) is 0 Å². The molecule has 0 aliphatic carbocycles. The summed E-state index contributed by atoms with van der Waals surface area (Å²) in [6.45, 7) is 4.61. The van der Waals surface area contributed by atoms with E-state index in [0.717, 1.165) is 6.92 Å². The summed E-state index contributed by atoms with van der Waals surface area (Å²) < 4.78 is 10.00. The van der Waals surface area contributed by atoms with E-state index in [2.05, 4.69) is 0 Å². The van der Waals surface area contributed by atoms with E-state index in [1.807, 2.05) is 0 Å². The van der Waals surface area contributed by atoms with Crippen LogP contribution in [-0.2, 0) is 19.1 Å². The normalized spacial score (nSPS) is 23.5. The summed E-state index contributed by atoms with van der Waals surface area (Å²) in [6, 6.07) is 0. The van der Waals surface area contributed by atoms with Crippen LogP contribution in [0.2, 0.25) is 0 Å². The van der Waals surface area contributed by atoms with Gasteiger partial charge in [0.2, 0.25) is 0 Å². The van der Waals surface area contributed by atoms with Gasteiger partial charge in [0.15, 0.2) is 11.9 Å². The second-order valence-electron chi connectivity index (χ2n) is 3.17. The molecule has 1 rings (SSSR count). The standard InChI is InChI=1S/C6H10O4.C2H4O2/c1-6(2)9-3-4(10-6)5(7)8;1-2(3)4/h4H,3H2,1-2H3,(H,7,8);1H3,(H,3,4)/t4-;/m0./s1. The smallest absolute Gasteiger partial charge is 0.335 e. The van der Waals surface area contributed by atoms with Crippen LogP contribution in [0.3, 0.4) is 0 Å². The molecule has 0 aromatic carbocycles. The van der Waals surface area contributed by atoms with Crippen molar-refractivity contribution in [1.82, 2.24) is 0 Å². The second kappa shape index (κ2) is 4.92. The minimum atomic E-state index is -0.967. The highest BCUT2D eigenvalue weighted by Crippen LogP contribution is 2.21. The van der Waals surface area contributed by atoms with E-state index in [1.54, 1.807) is 13.8 Å². The number of carboxylic acids is 2. The Morgan fingerprint density at radius 1 is 1.36 bits per heavy atom. The molecule has 1 saturated heterocycles. The molecule has 0 amide bonds. The third kappa shape index (κ3) is 5.50. The summed E-state index contributed by atoms with van der Waals surface area (Å²) in [4.78, 5) is 19.3. The molecule has 14 heavy (non-hydrogen) atoms. The SMILES string of the molecule is CC(=O)O.CC1(C)OC[C@@H](C(=O)O)O1. The molecule has 1 fully saturated rings. The van der Waals surface area contributed by atoms with Gasteiger partial charge in [0, 0.05) is 6.92 Å². The fraction of sp³-hybridized carbons (Fsp3) is 0.750. The topological polar surface area (TPSA) is 93.1 Å². The van der Waals surface area contributed by atoms with Gasteiger partial charge in [0.05, 0.1) is 6.61 Å². The Hall–Kier alpha value is -1.14. The number of carboxylic acid groups (broad SMARTS) is 2. The van der Waals surface area contributed by atoms with E-state index in [1.165, 1.54) is 0 Å². The van der Waals surface area contributed by atoms with Gasteiger partial charge in [0.1, 0.15) is 0 Å². The molecule has 2 N–H and O–H groups in total. The molecule has 1 heterocycles. The van der Waals surface area contributed by atoms with Gasteiger partial charge in [-0.1, -0.05) is 0 Å². The molecule has 0 aromatic rings. The highest BCUT2D eigenvalue weighted by Gasteiger charge is 2.36. The lowest BCUT2D eigenvalue weighted by molar-refractivity contribution is -0.164. The molecule has 0 saturated carbocycles. The highest BCUT2D eigenvalue weighted by molar-refractivity contribution is 5.72. The van der Waals surface area contributed by atoms with Gasteiger partial charge in [-0.2, -0.15) is 0 Å². The van der Waals surface area contributed by atoms with E-state index in [0.29, 0.717) is 0 Å². The zero-order valence-electron chi connectivity index (χ0n) is 8.31. The maximum absolute atomic E-state index is 10.3. The Kier molecular flexibility index (Phi) is 4.52. The van der Waals surface area contributed by atoms with E-state index >= 15 is 0 Å². The third-order valence-corrected chi connectivity index (χ3v) is 1.28. The molecular weight excluding hydrogens is 192 g/mol. The lowest BCUT2D eigenvalue weighted by Gasteiger charge is -2.15. The zero-order chi connectivity index (χ0) is 11.4. The summed E-state index contributed by atoms with van der Waals surface area (Å²) in [7, 11) is 0. The van der Waals surface area contributed by atoms with Crippen LogP contribution in [0.4, 0.5) is 0 Å². The first kappa shape index (κ1) is 12.9. The number of ether oxygens (including phenoxy) is 2. The quantitative estimate of drug-likeness (QED) is 0.641. The van der Waals surface area contributed by atoms with Crippen LogP contribution in [0.1, 0.15) is 20.8 Å². The van der Waals surface area contributed by atoms with Crippen molar-refractivity contribution in [1.29, 1.82) is 0 Å². The molecule has 0 unspecified atom stereocenters. The summed E-state index contributed by atoms with van der Waals surface area (Å²) in [5, 5.41) is 15.9.